The van der Waals surface area contributed by atoms with E-state index in [4.69, 9.17) is 4.74 Å². The molecule has 1 saturated heterocycles. The number of carbonyl (C=O) groups excluding carboxylic acids is 1. The summed E-state index contributed by atoms with van der Waals surface area (Å²) >= 11 is 0. The number of ether oxygens (including phenoxy) is 1. The van der Waals surface area contributed by atoms with Gasteiger partial charge in [-0.05, 0) is 37.3 Å². The van der Waals surface area contributed by atoms with Gasteiger partial charge in [0.05, 0.1) is 18.6 Å². The molecule has 20 heavy (non-hydrogen) atoms. The van der Waals surface area contributed by atoms with E-state index in [2.05, 4.69) is 28.8 Å². The number of amides is 1. The predicted octanol–water partition coefficient (Wildman–Crippen LogP) is 2.09. The number of rotatable bonds is 3. The van der Waals surface area contributed by atoms with Gasteiger partial charge in [-0.15, -0.1) is 0 Å². The molecular weight excluding hydrogens is 252 g/mol. The van der Waals surface area contributed by atoms with E-state index < -0.39 is 0 Å². The lowest BCUT2D eigenvalue weighted by Gasteiger charge is -2.21. The molecule has 0 saturated carbocycles. The van der Waals surface area contributed by atoms with Gasteiger partial charge in [-0.2, -0.15) is 0 Å². The summed E-state index contributed by atoms with van der Waals surface area (Å²) in [5.41, 5.74) is 3.76. The van der Waals surface area contributed by atoms with Crippen molar-refractivity contribution in [2.24, 2.45) is 5.92 Å². The van der Waals surface area contributed by atoms with Gasteiger partial charge in [0, 0.05) is 18.8 Å². The fourth-order valence-corrected chi connectivity index (χ4v) is 3.05. The van der Waals surface area contributed by atoms with Crippen LogP contribution in [0.3, 0.4) is 0 Å². The van der Waals surface area contributed by atoms with Crippen molar-refractivity contribution in [3.63, 3.8) is 0 Å². The third-order valence-electron chi connectivity index (χ3n) is 4.18. The van der Waals surface area contributed by atoms with E-state index in [1.165, 1.54) is 23.2 Å². The Bertz CT molecular complexity index is 501. The van der Waals surface area contributed by atoms with Gasteiger partial charge in [0.15, 0.2) is 0 Å². The van der Waals surface area contributed by atoms with Gasteiger partial charge in [-0.1, -0.05) is 18.2 Å². The molecule has 1 fully saturated rings. The van der Waals surface area contributed by atoms with Crippen LogP contribution in [0.4, 0.5) is 5.69 Å². The number of benzene rings is 1. The largest absolute Gasteiger partial charge is 0.385 e. The van der Waals surface area contributed by atoms with Gasteiger partial charge >= 0.3 is 0 Å². The molecule has 108 valence electrons. The SMILES string of the molecule is CC1CC(C(=O)NCc2cccc3c2NCCC3)CO1. The number of hydrogen-bond donors (Lipinski definition) is 2. The Balaban J connectivity index is 1.62. The molecule has 2 unspecified atom stereocenters. The molecule has 0 aliphatic carbocycles. The minimum atomic E-state index is 0.0116. The smallest absolute Gasteiger partial charge is 0.225 e. The van der Waals surface area contributed by atoms with Gasteiger partial charge in [-0.25, -0.2) is 0 Å². The number of hydrogen-bond acceptors (Lipinski definition) is 3. The summed E-state index contributed by atoms with van der Waals surface area (Å²) in [5.74, 6) is 0.125. The molecular formula is C16H22N2O2. The monoisotopic (exact) mass is 274 g/mol. The number of nitrogens with one attached hydrogen (secondary N) is 2. The lowest BCUT2D eigenvalue weighted by Crippen LogP contribution is -2.31. The zero-order chi connectivity index (χ0) is 13.9. The third kappa shape index (κ3) is 2.80. The molecule has 0 aromatic heterocycles. The van der Waals surface area contributed by atoms with E-state index >= 15 is 0 Å². The summed E-state index contributed by atoms with van der Waals surface area (Å²) in [4.78, 5) is 12.1. The van der Waals surface area contributed by atoms with Gasteiger partial charge in [0.25, 0.3) is 0 Å². The van der Waals surface area contributed by atoms with Crippen LogP contribution in [0.25, 0.3) is 0 Å². The van der Waals surface area contributed by atoms with Crippen LogP contribution in [-0.2, 0) is 22.5 Å². The molecule has 4 nitrogen and oxygen atoms in total. The van der Waals surface area contributed by atoms with E-state index in [-0.39, 0.29) is 17.9 Å². The number of carbonyl (C=O) groups is 1. The van der Waals surface area contributed by atoms with Gasteiger partial charge in [0.2, 0.25) is 5.91 Å². The number of para-hydroxylation sites is 1. The van der Waals surface area contributed by atoms with E-state index in [0.717, 1.165) is 19.4 Å². The Morgan fingerprint density at radius 2 is 2.40 bits per heavy atom. The van der Waals surface area contributed by atoms with Gasteiger partial charge < -0.3 is 15.4 Å². The first-order chi connectivity index (χ1) is 9.74. The molecule has 2 heterocycles. The molecule has 2 aliphatic rings. The van der Waals surface area contributed by atoms with Gasteiger partial charge in [-0.3, -0.25) is 4.79 Å². The quantitative estimate of drug-likeness (QED) is 0.887. The van der Waals surface area contributed by atoms with E-state index in [1.807, 2.05) is 6.92 Å². The lowest BCUT2D eigenvalue weighted by molar-refractivity contribution is -0.125. The van der Waals surface area contributed by atoms with Crippen molar-refractivity contribution in [1.29, 1.82) is 0 Å². The summed E-state index contributed by atoms with van der Waals surface area (Å²) < 4.78 is 5.46. The second-order valence-corrected chi connectivity index (χ2v) is 5.78. The summed E-state index contributed by atoms with van der Waals surface area (Å²) in [6, 6.07) is 6.33. The Morgan fingerprint density at radius 3 is 3.20 bits per heavy atom. The second kappa shape index (κ2) is 5.83. The normalized spacial score (nSPS) is 24.9. The van der Waals surface area contributed by atoms with Crippen LogP contribution >= 0.6 is 0 Å². The van der Waals surface area contributed by atoms with Crippen molar-refractivity contribution in [2.45, 2.75) is 38.8 Å². The van der Waals surface area contributed by atoms with Crippen LogP contribution < -0.4 is 10.6 Å². The molecule has 1 amide bonds. The maximum absolute atomic E-state index is 12.1. The Labute approximate surface area is 119 Å². The minimum Gasteiger partial charge on any atom is -0.385 e. The van der Waals surface area contributed by atoms with Crippen LogP contribution in [0, 0.1) is 5.92 Å². The molecule has 4 heteroatoms. The minimum absolute atomic E-state index is 0.0116. The van der Waals surface area contributed by atoms with Gasteiger partial charge in [0.1, 0.15) is 0 Å². The fraction of sp³-hybridized carbons (Fsp3) is 0.562. The summed E-state index contributed by atoms with van der Waals surface area (Å²) in [5, 5.41) is 6.51. The summed E-state index contributed by atoms with van der Waals surface area (Å²) in [6.45, 7) is 4.19. The molecule has 2 N–H and O–H groups in total. The topological polar surface area (TPSA) is 50.4 Å². The molecule has 1 aromatic carbocycles. The molecule has 0 radical (unpaired) electrons. The first kappa shape index (κ1) is 13.4. The average molecular weight is 274 g/mol. The molecule has 0 bridgehead atoms. The van der Waals surface area contributed by atoms with Crippen LogP contribution in [-0.4, -0.2) is 25.2 Å². The standard InChI is InChI=1S/C16H22N2O2/c1-11-8-14(10-20-11)16(19)18-9-13-5-2-4-12-6-3-7-17-15(12)13/h2,4-5,11,14,17H,3,6-10H2,1H3,(H,18,19). The second-order valence-electron chi connectivity index (χ2n) is 5.78. The number of aryl methyl sites for hydroxylation is 1. The fourth-order valence-electron chi connectivity index (χ4n) is 3.05. The maximum Gasteiger partial charge on any atom is 0.225 e. The highest BCUT2D eigenvalue weighted by atomic mass is 16.5. The third-order valence-corrected chi connectivity index (χ3v) is 4.18. The zero-order valence-corrected chi connectivity index (χ0v) is 11.9. The van der Waals surface area contributed by atoms with E-state index in [9.17, 15) is 4.79 Å². The van der Waals surface area contributed by atoms with Crippen molar-refractivity contribution in [3.05, 3.63) is 29.3 Å². The number of anilines is 1. The average Bonchev–Trinajstić information content (AvgIpc) is 2.91. The van der Waals surface area contributed by atoms with Crippen molar-refractivity contribution in [2.75, 3.05) is 18.5 Å². The Morgan fingerprint density at radius 1 is 1.50 bits per heavy atom. The summed E-state index contributed by atoms with van der Waals surface area (Å²) in [7, 11) is 0. The molecule has 2 atom stereocenters. The Kier molecular flexibility index (Phi) is 3.92. The van der Waals surface area contributed by atoms with Crippen LogP contribution in [0.1, 0.15) is 30.9 Å². The van der Waals surface area contributed by atoms with Crippen LogP contribution in [0.5, 0.6) is 0 Å². The van der Waals surface area contributed by atoms with E-state index in [0.29, 0.717) is 13.2 Å². The first-order valence-electron chi connectivity index (χ1n) is 7.48. The van der Waals surface area contributed by atoms with Crippen molar-refractivity contribution >= 4 is 11.6 Å². The zero-order valence-electron chi connectivity index (χ0n) is 11.9. The van der Waals surface area contributed by atoms with Crippen LogP contribution in [0.2, 0.25) is 0 Å². The predicted molar refractivity (Wildman–Crippen MR) is 78.6 cm³/mol. The van der Waals surface area contributed by atoms with Crippen LogP contribution in [0.15, 0.2) is 18.2 Å². The van der Waals surface area contributed by atoms with Crippen molar-refractivity contribution < 1.29 is 9.53 Å². The highest BCUT2D eigenvalue weighted by molar-refractivity contribution is 5.79. The molecule has 2 aliphatic heterocycles. The maximum atomic E-state index is 12.1. The van der Waals surface area contributed by atoms with Crippen molar-refractivity contribution in [3.8, 4) is 0 Å². The highest BCUT2D eigenvalue weighted by Crippen LogP contribution is 2.26. The molecule has 3 rings (SSSR count). The van der Waals surface area contributed by atoms with E-state index in [1.54, 1.807) is 0 Å². The van der Waals surface area contributed by atoms with Crippen molar-refractivity contribution in [1.82, 2.24) is 5.32 Å². The molecule has 0 spiro atoms. The lowest BCUT2D eigenvalue weighted by atomic mass is 9.99. The Hall–Kier alpha value is -1.55. The number of fused-ring (bicyclic) bond motifs is 1. The highest BCUT2D eigenvalue weighted by Gasteiger charge is 2.28. The summed E-state index contributed by atoms with van der Waals surface area (Å²) in [6.07, 6.45) is 3.34. The first-order valence-corrected chi connectivity index (χ1v) is 7.48. The molecule has 1 aromatic rings.